The minimum Gasteiger partial charge on any atom is -0.348 e. The zero-order valence-corrected chi connectivity index (χ0v) is 8.53. The number of nitrogens with zero attached hydrogens (tertiary/aromatic N) is 1. The normalized spacial score (nSPS) is 9.00. The third-order valence-electron chi connectivity index (χ3n) is 1.58. The van der Waals surface area contributed by atoms with Gasteiger partial charge in [0.25, 0.3) is 0 Å². The van der Waals surface area contributed by atoms with Gasteiger partial charge in [0.2, 0.25) is 0 Å². The van der Waals surface area contributed by atoms with Gasteiger partial charge in [-0.05, 0) is 12.1 Å². The van der Waals surface area contributed by atoms with E-state index >= 15 is 0 Å². The zero-order chi connectivity index (χ0) is 7.52. The third kappa shape index (κ3) is 1.89. The molecule has 1 aromatic carbocycles. The fraction of sp³-hybridized carbons (Fsp3) is 0. The van der Waals surface area contributed by atoms with Gasteiger partial charge in [0.05, 0.1) is 0 Å². The monoisotopic (exact) mass is 339 g/mol. The molecule has 0 amide bonds. The maximum absolute atomic E-state index is 3.13. The van der Waals surface area contributed by atoms with Crippen molar-refractivity contribution in [2.45, 2.75) is 0 Å². The Bertz CT molecular complexity index is 313. The fourth-order valence-corrected chi connectivity index (χ4v) is 1.04. The Morgan fingerprint density at radius 1 is 1.00 bits per heavy atom. The SMILES string of the molecule is [Au+].[c-]1ccccc1-n1cccc1. The Balaban J connectivity index is 0.000000720. The molecule has 2 aromatic rings. The first-order chi connectivity index (χ1) is 5.47. The minimum absolute atomic E-state index is 0. The summed E-state index contributed by atoms with van der Waals surface area (Å²) in [5.74, 6) is 0. The van der Waals surface area contributed by atoms with E-state index in [1.165, 1.54) is 0 Å². The van der Waals surface area contributed by atoms with Crippen molar-refractivity contribution in [2.24, 2.45) is 0 Å². The summed E-state index contributed by atoms with van der Waals surface area (Å²) < 4.78 is 2.03. The maximum atomic E-state index is 3.13. The maximum Gasteiger partial charge on any atom is 1.00 e. The molecule has 0 N–H and O–H groups in total. The van der Waals surface area contributed by atoms with Crippen LogP contribution in [0.15, 0.2) is 48.8 Å². The van der Waals surface area contributed by atoms with Crippen molar-refractivity contribution in [2.75, 3.05) is 0 Å². The van der Waals surface area contributed by atoms with Crippen LogP contribution in [0.5, 0.6) is 0 Å². The molecule has 0 spiro atoms. The Hall–Kier alpha value is -0.760. The van der Waals surface area contributed by atoms with Gasteiger partial charge in [0.15, 0.2) is 0 Å². The molecule has 0 aliphatic carbocycles. The first kappa shape index (κ1) is 9.33. The van der Waals surface area contributed by atoms with Crippen LogP contribution in [-0.2, 0) is 22.4 Å². The van der Waals surface area contributed by atoms with E-state index < -0.39 is 0 Å². The van der Waals surface area contributed by atoms with Crippen molar-refractivity contribution in [3.8, 4) is 5.69 Å². The van der Waals surface area contributed by atoms with Crippen LogP contribution in [0.2, 0.25) is 0 Å². The number of hydrogen-bond acceptors (Lipinski definition) is 0. The van der Waals surface area contributed by atoms with E-state index in [0.717, 1.165) is 5.69 Å². The first-order valence-corrected chi connectivity index (χ1v) is 3.57. The van der Waals surface area contributed by atoms with Gasteiger partial charge in [-0.1, -0.05) is 5.69 Å². The molecule has 0 unspecified atom stereocenters. The molecule has 2 heteroatoms. The Morgan fingerprint density at radius 2 is 1.75 bits per heavy atom. The number of para-hydroxylation sites is 1. The number of benzene rings is 1. The molecule has 1 aromatic heterocycles. The standard InChI is InChI=1S/C10H8N.Au/c1-2-6-10(7-3-1)11-8-4-5-9-11;/h1-6,8-9H;/q-1;+1. The van der Waals surface area contributed by atoms with Crippen molar-refractivity contribution < 1.29 is 22.4 Å². The molecular formula is C10H8AuN. The van der Waals surface area contributed by atoms with Gasteiger partial charge in [-0.2, -0.15) is 24.3 Å². The first-order valence-electron chi connectivity index (χ1n) is 3.57. The smallest absolute Gasteiger partial charge is 0.348 e. The van der Waals surface area contributed by atoms with Crippen molar-refractivity contribution in [3.63, 3.8) is 0 Å². The van der Waals surface area contributed by atoms with Crippen LogP contribution in [0.4, 0.5) is 0 Å². The van der Waals surface area contributed by atoms with Crippen LogP contribution in [-0.4, -0.2) is 4.57 Å². The summed E-state index contributed by atoms with van der Waals surface area (Å²) >= 11 is 0. The average molecular weight is 339 g/mol. The van der Waals surface area contributed by atoms with Gasteiger partial charge in [-0.25, -0.2) is 0 Å². The molecule has 2 rings (SSSR count). The van der Waals surface area contributed by atoms with E-state index in [-0.39, 0.29) is 22.4 Å². The summed E-state index contributed by atoms with van der Waals surface area (Å²) in [6.45, 7) is 0. The Kier molecular flexibility index (Phi) is 3.35. The van der Waals surface area contributed by atoms with E-state index in [1.54, 1.807) is 0 Å². The van der Waals surface area contributed by atoms with E-state index in [9.17, 15) is 0 Å². The van der Waals surface area contributed by atoms with Crippen LogP contribution in [0.3, 0.4) is 0 Å². The zero-order valence-electron chi connectivity index (χ0n) is 6.37. The summed E-state index contributed by atoms with van der Waals surface area (Å²) in [4.78, 5) is 0. The van der Waals surface area contributed by atoms with Crippen molar-refractivity contribution >= 4 is 0 Å². The summed E-state index contributed by atoms with van der Waals surface area (Å²) in [6.07, 6.45) is 4.01. The van der Waals surface area contributed by atoms with E-state index in [1.807, 2.05) is 53.4 Å². The van der Waals surface area contributed by atoms with Gasteiger partial charge in [-0.15, -0.1) is 6.07 Å². The minimum atomic E-state index is 0. The van der Waals surface area contributed by atoms with Crippen LogP contribution in [0, 0.1) is 6.07 Å². The molecule has 1 heterocycles. The van der Waals surface area contributed by atoms with Gasteiger partial charge in [-0.3, -0.25) is 0 Å². The predicted molar refractivity (Wildman–Crippen MR) is 44.6 cm³/mol. The summed E-state index contributed by atoms with van der Waals surface area (Å²) in [5.41, 5.74) is 1.08. The fourth-order valence-electron chi connectivity index (χ4n) is 1.04. The molecule has 0 radical (unpaired) electrons. The quantitative estimate of drug-likeness (QED) is 0.555. The second-order valence-corrected chi connectivity index (χ2v) is 2.34. The molecule has 0 atom stereocenters. The molecule has 0 fully saturated rings. The molecule has 0 saturated carbocycles. The van der Waals surface area contributed by atoms with Gasteiger partial charge < -0.3 is 4.57 Å². The van der Waals surface area contributed by atoms with Crippen molar-refractivity contribution in [3.05, 3.63) is 54.9 Å². The van der Waals surface area contributed by atoms with Crippen LogP contribution in [0.1, 0.15) is 0 Å². The topological polar surface area (TPSA) is 4.93 Å². The van der Waals surface area contributed by atoms with Crippen LogP contribution in [0.25, 0.3) is 5.69 Å². The average Bonchev–Trinajstić information content (AvgIpc) is 2.58. The van der Waals surface area contributed by atoms with Crippen LogP contribution < -0.4 is 0 Å². The predicted octanol–water partition coefficient (Wildman–Crippen LogP) is 2.27. The molecule has 64 valence electrons. The summed E-state index contributed by atoms with van der Waals surface area (Å²) in [7, 11) is 0. The van der Waals surface area contributed by atoms with Gasteiger partial charge >= 0.3 is 22.4 Å². The molecule has 12 heavy (non-hydrogen) atoms. The van der Waals surface area contributed by atoms with E-state index in [4.69, 9.17) is 0 Å². The Morgan fingerprint density at radius 3 is 2.33 bits per heavy atom. The van der Waals surface area contributed by atoms with Crippen molar-refractivity contribution in [1.29, 1.82) is 0 Å². The second-order valence-electron chi connectivity index (χ2n) is 2.34. The molecule has 0 aliphatic heterocycles. The second kappa shape index (κ2) is 4.31. The number of rotatable bonds is 1. The number of hydrogen-bond donors (Lipinski definition) is 0. The van der Waals surface area contributed by atoms with Gasteiger partial charge in [0.1, 0.15) is 0 Å². The molecule has 0 aliphatic rings. The largest absolute Gasteiger partial charge is 1.00 e. The third-order valence-corrected chi connectivity index (χ3v) is 1.58. The molecule has 1 nitrogen and oxygen atoms in total. The Labute approximate surface area is 87.5 Å². The molecule has 0 saturated heterocycles. The van der Waals surface area contributed by atoms with E-state index in [2.05, 4.69) is 6.07 Å². The summed E-state index contributed by atoms with van der Waals surface area (Å²) in [5, 5.41) is 0. The molecular weight excluding hydrogens is 331 g/mol. The molecule has 0 bridgehead atoms. The van der Waals surface area contributed by atoms with Crippen molar-refractivity contribution in [1.82, 2.24) is 4.57 Å². The summed E-state index contributed by atoms with van der Waals surface area (Å²) in [6, 6.07) is 15.0. The number of aromatic nitrogens is 1. The van der Waals surface area contributed by atoms with Crippen LogP contribution >= 0.6 is 0 Å². The van der Waals surface area contributed by atoms with E-state index in [0.29, 0.717) is 0 Å². The van der Waals surface area contributed by atoms with Gasteiger partial charge in [0, 0.05) is 12.4 Å².